The second-order valence-electron chi connectivity index (χ2n) is 7.99. The lowest BCUT2D eigenvalue weighted by Crippen LogP contribution is -2.16. The molecule has 0 fully saturated rings. The number of hydrogen-bond acceptors (Lipinski definition) is 7. The molecule has 1 aliphatic heterocycles. The highest BCUT2D eigenvalue weighted by molar-refractivity contribution is 7.91. The number of benzene rings is 3. The molecule has 174 valence electrons. The van der Waals surface area contributed by atoms with Crippen molar-refractivity contribution in [2.45, 2.75) is 23.3 Å². The predicted octanol–water partition coefficient (Wildman–Crippen LogP) is 4.91. The number of nitrogens with zero attached hydrogens (tertiary/aromatic N) is 1. The highest BCUT2D eigenvalue weighted by Crippen LogP contribution is 2.37. The fraction of sp³-hybridized carbons (Fsp3) is 0.192. The minimum absolute atomic E-state index is 0.0617. The molecule has 0 saturated heterocycles. The van der Waals surface area contributed by atoms with Crippen LogP contribution < -0.4 is 14.8 Å². The first kappa shape index (κ1) is 22.0. The van der Waals surface area contributed by atoms with E-state index in [4.69, 9.17) is 13.9 Å². The van der Waals surface area contributed by atoms with Crippen molar-refractivity contribution in [3.05, 3.63) is 83.9 Å². The van der Waals surface area contributed by atoms with Crippen molar-refractivity contribution in [3.8, 4) is 23.0 Å². The molecule has 0 atom stereocenters. The molecule has 0 aliphatic carbocycles. The maximum Gasteiger partial charge on any atom is 0.233 e. The van der Waals surface area contributed by atoms with Gasteiger partial charge in [0.15, 0.2) is 11.5 Å². The molecule has 1 aromatic heterocycles. The number of rotatable bonds is 7. The lowest BCUT2D eigenvalue weighted by molar-refractivity contribution is 0.171. The van der Waals surface area contributed by atoms with Crippen LogP contribution in [-0.2, 0) is 16.3 Å². The third kappa shape index (κ3) is 4.49. The van der Waals surface area contributed by atoms with Crippen LogP contribution in [0, 0.1) is 6.92 Å². The summed E-state index contributed by atoms with van der Waals surface area (Å²) in [6.07, 6.45) is 0.699. The summed E-state index contributed by atoms with van der Waals surface area (Å²) in [4.78, 5) is 4.47. The van der Waals surface area contributed by atoms with Crippen molar-refractivity contribution >= 4 is 15.7 Å². The zero-order chi connectivity index (χ0) is 23.5. The number of hydrogen-bond donors (Lipinski definition) is 1. The van der Waals surface area contributed by atoms with Gasteiger partial charge in [0, 0.05) is 18.2 Å². The van der Waals surface area contributed by atoms with E-state index in [2.05, 4.69) is 10.3 Å². The highest BCUT2D eigenvalue weighted by Gasteiger charge is 2.30. The van der Waals surface area contributed by atoms with E-state index < -0.39 is 9.84 Å². The van der Waals surface area contributed by atoms with E-state index in [1.807, 2.05) is 61.5 Å². The van der Waals surface area contributed by atoms with Crippen LogP contribution in [-0.4, -0.2) is 33.2 Å². The SMILES string of the molecule is Cc1ccc(-c2nc(S(=O)(=O)c3ccc4c(c3)OCCO4)c(NCCc3ccccc3)o2)cc1. The van der Waals surface area contributed by atoms with Gasteiger partial charge in [-0.3, -0.25) is 0 Å². The Morgan fingerprint density at radius 1 is 0.912 bits per heavy atom. The third-order valence-corrected chi connectivity index (χ3v) is 7.18. The van der Waals surface area contributed by atoms with Crippen LogP contribution in [0.4, 0.5) is 5.88 Å². The third-order valence-electron chi connectivity index (χ3n) is 5.52. The molecule has 7 nitrogen and oxygen atoms in total. The summed E-state index contributed by atoms with van der Waals surface area (Å²) in [5, 5.41) is 2.98. The van der Waals surface area contributed by atoms with Crippen LogP contribution in [0.15, 0.2) is 87.1 Å². The molecule has 5 rings (SSSR count). The molecule has 3 aromatic carbocycles. The number of aromatic nitrogens is 1. The Kier molecular flexibility index (Phi) is 5.98. The zero-order valence-corrected chi connectivity index (χ0v) is 19.5. The topological polar surface area (TPSA) is 90.7 Å². The molecule has 4 aromatic rings. The Hall–Kier alpha value is -3.78. The monoisotopic (exact) mass is 476 g/mol. The summed E-state index contributed by atoms with van der Waals surface area (Å²) in [6.45, 7) is 3.26. The smallest absolute Gasteiger partial charge is 0.233 e. The average Bonchev–Trinajstić information content (AvgIpc) is 3.30. The molecular formula is C26H24N2O5S. The summed E-state index contributed by atoms with van der Waals surface area (Å²) >= 11 is 0. The average molecular weight is 477 g/mol. The van der Waals surface area contributed by atoms with Crippen LogP contribution >= 0.6 is 0 Å². The molecule has 8 heteroatoms. The minimum atomic E-state index is -4.00. The van der Waals surface area contributed by atoms with E-state index in [1.54, 1.807) is 6.07 Å². The van der Waals surface area contributed by atoms with Gasteiger partial charge in [-0.05, 0) is 43.2 Å². The van der Waals surface area contributed by atoms with Crippen LogP contribution in [0.2, 0.25) is 0 Å². The molecule has 0 amide bonds. The number of sulfone groups is 1. The molecule has 0 unspecified atom stereocenters. The number of ether oxygens (including phenoxy) is 2. The van der Waals surface area contributed by atoms with E-state index in [0.29, 0.717) is 43.2 Å². The van der Waals surface area contributed by atoms with E-state index >= 15 is 0 Å². The number of nitrogens with one attached hydrogen (secondary N) is 1. The molecule has 34 heavy (non-hydrogen) atoms. The van der Waals surface area contributed by atoms with Gasteiger partial charge < -0.3 is 19.2 Å². The van der Waals surface area contributed by atoms with Gasteiger partial charge >= 0.3 is 0 Å². The summed E-state index contributed by atoms with van der Waals surface area (Å²) in [7, 11) is -4.00. The van der Waals surface area contributed by atoms with Crippen molar-refractivity contribution in [2.75, 3.05) is 25.1 Å². The number of aryl methyl sites for hydroxylation is 1. The van der Waals surface area contributed by atoms with Gasteiger partial charge in [0.05, 0.1) is 4.90 Å². The van der Waals surface area contributed by atoms with Crippen molar-refractivity contribution in [2.24, 2.45) is 0 Å². The highest BCUT2D eigenvalue weighted by atomic mass is 32.2. The number of fused-ring (bicyclic) bond motifs is 1. The van der Waals surface area contributed by atoms with E-state index in [0.717, 1.165) is 11.1 Å². The predicted molar refractivity (Wildman–Crippen MR) is 128 cm³/mol. The second-order valence-corrected chi connectivity index (χ2v) is 9.86. The summed E-state index contributed by atoms with van der Waals surface area (Å²) in [6, 6.07) is 22.1. The molecular weight excluding hydrogens is 452 g/mol. The summed E-state index contributed by atoms with van der Waals surface area (Å²) in [5.74, 6) is 1.26. The maximum absolute atomic E-state index is 13.6. The fourth-order valence-electron chi connectivity index (χ4n) is 3.69. The lowest BCUT2D eigenvalue weighted by atomic mass is 10.1. The molecule has 0 bridgehead atoms. The summed E-state index contributed by atoms with van der Waals surface area (Å²) in [5.41, 5.74) is 2.91. The Morgan fingerprint density at radius 3 is 2.41 bits per heavy atom. The molecule has 1 aliphatic rings. The largest absolute Gasteiger partial charge is 0.486 e. The van der Waals surface area contributed by atoms with Crippen molar-refractivity contribution in [3.63, 3.8) is 0 Å². The van der Waals surface area contributed by atoms with E-state index in [9.17, 15) is 8.42 Å². The molecule has 2 heterocycles. The normalized spacial score (nSPS) is 13.0. The molecule has 0 radical (unpaired) electrons. The van der Waals surface area contributed by atoms with Crippen molar-refractivity contribution in [1.29, 1.82) is 0 Å². The Bertz CT molecular complexity index is 1400. The van der Waals surface area contributed by atoms with Crippen molar-refractivity contribution < 1.29 is 22.3 Å². The van der Waals surface area contributed by atoms with Crippen LogP contribution in [0.5, 0.6) is 11.5 Å². The van der Waals surface area contributed by atoms with Crippen LogP contribution in [0.25, 0.3) is 11.5 Å². The van der Waals surface area contributed by atoms with E-state index in [1.165, 1.54) is 12.1 Å². The maximum atomic E-state index is 13.6. The number of anilines is 1. The standard InChI is InChI=1S/C26H24N2O5S/c1-18-7-9-20(10-8-18)24-28-26(25(33-24)27-14-13-19-5-3-2-4-6-19)34(29,30)21-11-12-22-23(17-21)32-16-15-31-22/h2-12,17,27H,13-16H2,1H3. The first-order valence-corrected chi connectivity index (χ1v) is 12.5. The Balaban J connectivity index is 1.50. The molecule has 0 spiro atoms. The summed E-state index contributed by atoms with van der Waals surface area (Å²) < 4.78 is 44.3. The van der Waals surface area contributed by atoms with Gasteiger partial charge in [-0.25, -0.2) is 8.42 Å². The lowest BCUT2D eigenvalue weighted by Gasteiger charge is -2.18. The Labute approximate surface area is 198 Å². The fourth-order valence-corrected chi connectivity index (χ4v) is 4.98. The molecule has 1 N–H and O–H groups in total. The van der Waals surface area contributed by atoms with Crippen LogP contribution in [0.1, 0.15) is 11.1 Å². The zero-order valence-electron chi connectivity index (χ0n) is 18.7. The second kappa shape index (κ2) is 9.23. The van der Waals surface area contributed by atoms with Crippen molar-refractivity contribution in [1.82, 2.24) is 4.98 Å². The van der Waals surface area contributed by atoms with E-state index in [-0.39, 0.29) is 21.7 Å². The quantitative estimate of drug-likeness (QED) is 0.405. The van der Waals surface area contributed by atoms with Gasteiger partial charge in [0.1, 0.15) is 13.2 Å². The molecule has 0 saturated carbocycles. The first-order chi connectivity index (χ1) is 16.5. The Morgan fingerprint density at radius 2 is 1.65 bits per heavy atom. The first-order valence-electron chi connectivity index (χ1n) is 11.0. The van der Waals surface area contributed by atoms with Gasteiger partial charge in [-0.15, -0.1) is 0 Å². The van der Waals surface area contributed by atoms with Gasteiger partial charge in [-0.2, -0.15) is 4.98 Å². The van der Waals surface area contributed by atoms with Crippen LogP contribution in [0.3, 0.4) is 0 Å². The van der Waals surface area contributed by atoms with Gasteiger partial charge in [-0.1, -0.05) is 48.0 Å². The van der Waals surface area contributed by atoms with Gasteiger partial charge in [0.2, 0.25) is 26.6 Å². The minimum Gasteiger partial charge on any atom is -0.486 e. The van der Waals surface area contributed by atoms with Gasteiger partial charge in [0.25, 0.3) is 0 Å². The number of oxazole rings is 1.